The second-order valence-electron chi connectivity index (χ2n) is 3.51. The van der Waals surface area contributed by atoms with E-state index in [0.717, 1.165) is 36.5 Å². The minimum Gasteiger partial charge on any atom is -0.166 e. The van der Waals surface area contributed by atoms with Crippen LogP contribution in [0.25, 0.3) is 0 Å². The lowest BCUT2D eigenvalue weighted by molar-refractivity contribution is -0.137. The fraction of sp³-hybridized carbons (Fsp3) is 0.364. The highest BCUT2D eigenvalue weighted by Gasteiger charge is 2.31. The minimum absolute atomic E-state index is 0.536. The molecular formula is C11H10F3. The molecule has 0 atom stereocenters. The summed E-state index contributed by atoms with van der Waals surface area (Å²) < 4.78 is 37.0. The van der Waals surface area contributed by atoms with Crippen LogP contribution in [0.2, 0.25) is 0 Å². The number of fused-ring (bicyclic) bond motifs is 1. The summed E-state index contributed by atoms with van der Waals surface area (Å²) >= 11 is 0. The van der Waals surface area contributed by atoms with Crippen LogP contribution in [-0.2, 0) is 12.6 Å². The first-order valence-electron chi connectivity index (χ1n) is 4.61. The third kappa shape index (κ3) is 1.76. The predicted octanol–water partition coefficient (Wildman–Crippen LogP) is 3.59. The van der Waals surface area contributed by atoms with E-state index in [1.54, 1.807) is 6.07 Å². The molecule has 3 heteroatoms. The molecule has 0 spiro atoms. The Bertz CT molecular complexity index is 339. The fourth-order valence-corrected chi connectivity index (χ4v) is 1.75. The maximum atomic E-state index is 12.3. The average molecular weight is 199 g/mol. The summed E-state index contributed by atoms with van der Waals surface area (Å²) in [6.45, 7) is 0. The number of benzene rings is 1. The summed E-state index contributed by atoms with van der Waals surface area (Å²) in [4.78, 5) is 0. The molecule has 0 N–H and O–H groups in total. The van der Waals surface area contributed by atoms with Gasteiger partial charge in [0.05, 0.1) is 5.56 Å². The molecule has 14 heavy (non-hydrogen) atoms. The number of aryl methyl sites for hydroxylation is 1. The van der Waals surface area contributed by atoms with Crippen LogP contribution in [-0.4, -0.2) is 0 Å². The lowest BCUT2D eigenvalue weighted by Crippen LogP contribution is -2.08. The lowest BCUT2D eigenvalue weighted by atomic mass is 9.90. The Labute approximate surface area is 80.7 Å². The standard InChI is InChI=1S/C11H10F3/c12-11(13,14)10-6-5-8-3-1-2-4-9(8)7-10/h3,5-7H,1-2,4H2. The monoisotopic (exact) mass is 199 g/mol. The molecule has 0 fully saturated rings. The molecule has 2 rings (SSSR count). The van der Waals surface area contributed by atoms with Crippen molar-refractivity contribution in [3.05, 3.63) is 41.3 Å². The zero-order valence-electron chi connectivity index (χ0n) is 7.56. The van der Waals surface area contributed by atoms with Crippen LogP contribution < -0.4 is 0 Å². The zero-order valence-corrected chi connectivity index (χ0v) is 7.56. The van der Waals surface area contributed by atoms with Crippen molar-refractivity contribution in [3.63, 3.8) is 0 Å². The van der Waals surface area contributed by atoms with Crippen molar-refractivity contribution in [3.8, 4) is 0 Å². The first-order chi connectivity index (χ1) is 6.57. The van der Waals surface area contributed by atoms with E-state index in [1.807, 2.05) is 6.42 Å². The van der Waals surface area contributed by atoms with E-state index in [2.05, 4.69) is 0 Å². The first kappa shape index (κ1) is 9.56. The van der Waals surface area contributed by atoms with E-state index in [0.29, 0.717) is 0 Å². The molecule has 0 aliphatic heterocycles. The molecule has 0 nitrogen and oxygen atoms in total. The molecule has 1 aromatic rings. The maximum absolute atomic E-state index is 12.3. The summed E-state index contributed by atoms with van der Waals surface area (Å²) in [6.07, 6.45) is 0.466. The van der Waals surface area contributed by atoms with Gasteiger partial charge in [-0.15, -0.1) is 0 Å². The predicted molar refractivity (Wildman–Crippen MR) is 47.8 cm³/mol. The van der Waals surface area contributed by atoms with Gasteiger partial charge in [-0.05, 0) is 48.9 Å². The second-order valence-corrected chi connectivity index (χ2v) is 3.51. The number of halogens is 3. The number of rotatable bonds is 0. The normalized spacial score (nSPS) is 16.5. The van der Waals surface area contributed by atoms with Crippen LogP contribution in [0.4, 0.5) is 13.2 Å². The van der Waals surface area contributed by atoms with Gasteiger partial charge in [-0.1, -0.05) is 6.07 Å². The Kier molecular flexibility index (Phi) is 2.25. The highest BCUT2D eigenvalue weighted by molar-refractivity contribution is 5.39. The Hall–Kier alpha value is -0.990. The molecule has 1 radical (unpaired) electrons. The van der Waals surface area contributed by atoms with Crippen LogP contribution in [0.3, 0.4) is 0 Å². The summed E-state index contributed by atoms with van der Waals surface area (Å²) in [7, 11) is 0. The molecule has 0 bridgehead atoms. The van der Waals surface area contributed by atoms with Crippen molar-refractivity contribution in [1.29, 1.82) is 0 Å². The summed E-state index contributed by atoms with van der Waals surface area (Å²) in [6, 6.07) is 3.99. The van der Waals surface area contributed by atoms with Gasteiger partial charge in [-0.3, -0.25) is 0 Å². The van der Waals surface area contributed by atoms with E-state index >= 15 is 0 Å². The highest BCUT2D eigenvalue weighted by atomic mass is 19.4. The van der Waals surface area contributed by atoms with Gasteiger partial charge in [0.15, 0.2) is 0 Å². The molecule has 1 aliphatic carbocycles. The summed E-state index contributed by atoms with van der Waals surface area (Å²) in [5, 5.41) is 0. The van der Waals surface area contributed by atoms with E-state index in [9.17, 15) is 13.2 Å². The quantitative estimate of drug-likeness (QED) is 0.599. The number of alkyl halides is 3. The van der Waals surface area contributed by atoms with Gasteiger partial charge in [0.2, 0.25) is 0 Å². The molecule has 0 unspecified atom stereocenters. The van der Waals surface area contributed by atoms with Gasteiger partial charge in [0.1, 0.15) is 0 Å². The topological polar surface area (TPSA) is 0 Å². The smallest absolute Gasteiger partial charge is 0.166 e. The van der Waals surface area contributed by atoms with Gasteiger partial charge in [-0.25, -0.2) is 0 Å². The van der Waals surface area contributed by atoms with Crippen LogP contribution in [0, 0.1) is 6.42 Å². The Balaban J connectivity index is 2.39. The zero-order chi connectivity index (χ0) is 10.2. The van der Waals surface area contributed by atoms with Crippen LogP contribution >= 0.6 is 0 Å². The van der Waals surface area contributed by atoms with Gasteiger partial charge in [-0.2, -0.15) is 13.2 Å². The molecule has 0 saturated heterocycles. The van der Waals surface area contributed by atoms with Crippen molar-refractivity contribution in [1.82, 2.24) is 0 Å². The third-order valence-corrected chi connectivity index (χ3v) is 2.48. The fourth-order valence-electron chi connectivity index (χ4n) is 1.75. The van der Waals surface area contributed by atoms with Gasteiger partial charge in [0, 0.05) is 0 Å². The number of hydrogen-bond donors (Lipinski definition) is 0. The van der Waals surface area contributed by atoms with Crippen molar-refractivity contribution in [2.45, 2.75) is 25.4 Å². The molecule has 0 aromatic heterocycles. The van der Waals surface area contributed by atoms with Crippen molar-refractivity contribution < 1.29 is 13.2 Å². The largest absolute Gasteiger partial charge is 0.416 e. The van der Waals surface area contributed by atoms with Crippen molar-refractivity contribution in [2.75, 3.05) is 0 Å². The molecule has 0 heterocycles. The van der Waals surface area contributed by atoms with Gasteiger partial charge < -0.3 is 0 Å². The second kappa shape index (κ2) is 3.30. The van der Waals surface area contributed by atoms with E-state index in [4.69, 9.17) is 0 Å². The van der Waals surface area contributed by atoms with Crippen LogP contribution in [0.15, 0.2) is 18.2 Å². The van der Waals surface area contributed by atoms with Crippen LogP contribution in [0.5, 0.6) is 0 Å². The van der Waals surface area contributed by atoms with Gasteiger partial charge in [0.25, 0.3) is 0 Å². The highest BCUT2D eigenvalue weighted by Crippen LogP contribution is 2.32. The third-order valence-electron chi connectivity index (χ3n) is 2.48. The molecule has 0 amide bonds. The van der Waals surface area contributed by atoms with Crippen LogP contribution in [0.1, 0.15) is 29.5 Å². The van der Waals surface area contributed by atoms with E-state index in [1.165, 1.54) is 6.07 Å². The molecule has 1 aliphatic rings. The first-order valence-corrected chi connectivity index (χ1v) is 4.61. The number of hydrogen-bond acceptors (Lipinski definition) is 0. The lowest BCUT2D eigenvalue weighted by Gasteiger charge is -2.17. The molecule has 75 valence electrons. The maximum Gasteiger partial charge on any atom is 0.416 e. The Morgan fingerprint density at radius 2 is 1.93 bits per heavy atom. The van der Waals surface area contributed by atoms with E-state index < -0.39 is 11.7 Å². The van der Waals surface area contributed by atoms with Crippen molar-refractivity contribution in [2.24, 2.45) is 0 Å². The Morgan fingerprint density at radius 1 is 1.14 bits per heavy atom. The molecule has 0 saturated carbocycles. The van der Waals surface area contributed by atoms with Gasteiger partial charge >= 0.3 is 6.18 Å². The summed E-state index contributed by atoms with van der Waals surface area (Å²) in [5.41, 5.74) is 1.25. The summed E-state index contributed by atoms with van der Waals surface area (Å²) in [5.74, 6) is 0. The molecular weight excluding hydrogens is 189 g/mol. The SMILES string of the molecule is FC(F)(F)c1ccc2c(c1)CCC[CH]2. The average Bonchev–Trinajstić information content (AvgIpc) is 2.16. The minimum atomic E-state index is -4.22. The van der Waals surface area contributed by atoms with E-state index in [-0.39, 0.29) is 0 Å². The van der Waals surface area contributed by atoms with Crippen molar-refractivity contribution >= 4 is 0 Å². The Morgan fingerprint density at radius 3 is 2.64 bits per heavy atom. The molecule has 1 aromatic carbocycles.